The van der Waals surface area contributed by atoms with Gasteiger partial charge in [0.2, 0.25) is 0 Å². The van der Waals surface area contributed by atoms with Gasteiger partial charge in [0, 0.05) is 24.4 Å². The van der Waals surface area contributed by atoms with Crippen LogP contribution in [-0.4, -0.2) is 42.1 Å². The minimum absolute atomic E-state index is 0.753. The standard InChI is InChI=1S/C14H25N3S/c1-3-7-15-13-4-8-17(9-5-13)10-6-14-11-18-12(2)16-14/h11,13,15H,3-10H2,1-2H3. The van der Waals surface area contributed by atoms with Gasteiger partial charge >= 0.3 is 0 Å². The average Bonchev–Trinajstić information content (AvgIpc) is 2.81. The zero-order chi connectivity index (χ0) is 12.8. The number of piperidine rings is 1. The normalized spacial score (nSPS) is 18.3. The molecule has 1 N–H and O–H groups in total. The van der Waals surface area contributed by atoms with Crippen LogP contribution in [0.15, 0.2) is 5.38 Å². The molecule has 1 aromatic heterocycles. The first-order valence-corrected chi connectivity index (χ1v) is 8.02. The molecule has 18 heavy (non-hydrogen) atoms. The molecule has 0 amide bonds. The number of likely N-dealkylation sites (tertiary alicyclic amines) is 1. The lowest BCUT2D eigenvalue weighted by molar-refractivity contribution is 0.199. The molecule has 2 heterocycles. The van der Waals surface area contributed by atoms with Crippen LogP contribution in [0.4, 0.5) is 0 Å². The van der Waals surface area contributed by atoms with Gasteiger partial charge in [0.1, 0.15) is 0 Å². The molecule has 1 aliphatic rings. The van der Waals surface area contributed by atoms with E-state index in [2.05, 4.69) is 34.4 Å². The van der Waals surface area contributed by atoms with E-state index >= 15 is 0 Å². The predicted molar refractivity (Wildman–Crippen MR) is 78.3 cm³/mol. The van der Waals surface area contributed by atoms with Crippen LogP contribution in [0, 0.1) is 6.92 Å². The molecule has 0 bridgehead atoms. The van der Waals surface area contributed by atoms with E-state index in [1.807, 2.05) is 0 Å². The van der Waals surface area contributed by atoms with Gasteiger partial charge < -0.3 is 10.2 Å². The first kappa shape index (κ1) is 14.0. The molecule has 1 saturated heterocycles. The number of nitrogens with one attached hydrogen (secondary N) is 1. The molecule has 0 saturated carbocycles. The van der Waals surface area contributed by atoms with Crippen molar-refractivity contribution in [3.63, 3.8) is 0 Å². The van der Waals surface area contributed by atoms with Crippen molar-refractivity contribution in [3.05, 3.63) is 16.1 Å². The second kappa shape index (κ2) is 7.22. The topological polar surface area (TPSA) is 28.2 Å². The van der Waals surface area contributed by atoms with Crippen molar-refractivity contribution >= 4 is 11.3 Å². The van der Waals surface area contributed by atoms with Crippen molar-refractivity contribution < 1.29 is 0 Å². The van der Waals surface area contributed by atoms with E-state index in [-0.39, 0.29) is 0 Å². The largest absolute Gasteiger partial charge is 0.314 e. The average molecular weight is 267 g/mol. The van der Waals surface area contributed by atoms with Gasteiger partial charge in [-0.05, 0) is 45.8 Å². The summed E-state index contributed by atoms with van der Waals surface area (Å²) in [6, 6.07) is 0.753. The summed E-state index contributed by atoms with van der Waals surface area (Å²) in [6.45, 7) is 9.14. The van der Waals surface area contributed by atoms with Crippen molar-refractivity contribution in [2.45, 2.75) is 45.6 Å². The summed E-state index contributed by atoms with van der Waals surface area (Å²) in [4.78, 5) is 7.11. The van der Waals surface area contributed by atoms with E-state index in [0.29, 0.717) is 0 Å². The van der Waals surface area contributed by atoms with Crippen LogP contribution in [-0.2, 0) is 6.42 Å². The summed E-state index contributed by atoms with van der Waals surface area (Å²) in [6.07, 6.45) is 4.95. The van der Waals surface area contributed by atoms with Crippen LogP contribution in [0.1, 0.15) is 36.9 Å². The monoisotopic (exact) mass is 267 g/mol. The Labute approximate surface area is 115 Å². The highest BCUT2D eigenvalue weighted by Crippen LogP contribution is 2.13. The molecule has 0 aliphatic carbocycles. The van der Waals surface area contributed by atoms with Gasteiger partial charge in [-0.3, -0.25) is 0 Å². The zero-order valence-electron chi connectivity index (χ0n) is 11.6. The lowest BCUT2D eigenvalue weighted by Gasteiger charge is -2.32. The predicted octanol–water partition coefficient (Wildman–Crippen LogP) is 2.46. The highest BCUT2D eigenvalue weighted by Gasteiger charge is 2.18. The number of hydrogen-bond acceptors (Lipinski definition) is 4. The minimum Gasteiger partial charge on any atom is -0.314 e. The Bertz CT molecular complexity index is 343. The van der Waals surface area contributed by atoms with Gasteiger partial charge in [-0.15, -0.1) is 11.3 Å². The molecule has 0 aromatic carbocycles. The molecule has 0 spiro atoms. The molecule has 102 valence electrons. The molecule has 0 radical (unpaired) electrons. The van der Waals surface area contributed by atoms with E-state index in [1.165, 1.54) is 56.1 Å². The third-order valence-electron chi connectivity index (χ3n) is 3.62. The van der Waals surface area contributed by atoms with E-state index in [9.17, 15) is 0 Å². The van der Waals surface area contributed by atoms with Crippen molar-refractivity contribution in [1.29, 1.82) is 0 Å². The number of thiazole rings is 1. The van der Waals surface area contributed by atoms with Crippen LogP contribution in [0.5, 0.6) is 0 Å². The lowest BCUT2D eigenvalue weighted by atomic mass is 10.0. The Hall–Kier alpha value is -0.450. The maximum Gasteiger partial charge on any atom is 0.0897 e. The number of aromatic nitrogens is 1. The zero-order valence-corrected chi connectivity index (χ0v) is 12.4. The molecular weight excluding hydrogens is 242 g/mol. The fraction of sp³-hybridized carbons (Fsp3) is 0.786. The Morgan fingerprint density at radius 1 is 1.44 bits per heavy atom. The fourth-order valence-electron chi connectivity index (χ4n) is 2.50. The summed E-state index contributed by atoms with van der Waals surface area (Å²) >= 11 is 1.76. The number of aryl methyl sites for hydroxylation is 1. The van der Waals surface area contributed by atoms with E-state index in [0.717, 1.165) is 12.5 Å². The summed E-state index contributed by atoms with van der Waals surface area (Å²) in [5.41, 5.74) is 1.27. The Kier molecular flexibility index (Phi) is 5.60. The number of rotatable bonds is 6. The van der Waals surface area contributed by atoms with Crippen molar-refractivity contribution in [1.82, 2.24) is 15.2 Å². The lowest BCUT2D eigenvalue weighted by Crippen LogP contribution is -2.43. The van der Waals surface area contributed by atoms with Gasteiger partial charge in [-0.2, -0.15) is 0 Å². The molecule has 2 rings (SSSR count). The number of nitrogens with zero attached hydrogens (tertiary/aromatic N) is 2. The molecule has 1 fully saturated rings. The van der Waals surface area contributed by atoms with Crippen molar-refractivity contribution in [2.75, 3.05) is 26.2 Å². The smallest absolute Gasteiger partial charge is 0.0897 e. The quantitative estimate of drug-likeness (QED) is 0.858. The van der Waals surface area contributed by atoms with Crippen molar-refractivity contribution in [3.8, 4) is 0 Å². The molecule has 3 nitrogen and oxygen atoms in total. The Morgan fingerprint density at radius 3 is 2.83 bits per heavy atom. The molecule has 0 unspecified atom stereocenters. The first-order chi connectivity index (χ1) is 8.78. The maximum atomic E-state index is 4.53. The molecule has 4 heteroatoms. The van der Waals surface area contributed by atoms with Gasteiger partial charge in [-0.1, -0.05) is 6.92 Å². The van der Waals surface area contributed by atoms with E-state index in [1.54, 1.807) is 11.3 Å². The fourth-order valence-corrected chi connectivity index (χ4v) is 3.15. The van der Waals surface area contributed by atoms with Crippen LogP contribution >= 0.6 is 11.3 Å². The van der Waals surface area contributed by atoms with Crippen LogP contribution in [0.3, 0.4) is 0 Å². The molecule has 1 aliphatic heterocycles. The summed E-state index contributed by atoms with van der Waals surface area (Å²) in [5, 5.41) is 7.02. The Balaban J connectivity index is 1.64. The van der Waals surface area contributed by atoms with Crippen LogP contribution in [0.2, 0.25) is 0 Å². The summed E-state index contributed by atoms with van der Waals surface area (Å²) < 4.78 is 0. The molecule has 1 aromatic rings. The highest BCUT2D eigenvalue weighted by atomic mass is 32.1. The minimum atomic E-state index is 0.753. The van der Waals surface area contributed by atoms with Gasteiger partial charge in [0.15, 0.2) is 0 Å². The second-order valence-corrected chi connectivity index (χ2v) is 6.24. The first-order valence-electron chi connectivity index (χ1n) is 7.14. The molecule has 0 atom stereocenters. The third kappa shape index (κ3) is 4.34. The SMILES string of the molecule is CCCNC1CCN(CCc2csc(C)n2)CC1. The highest BCUT2D eigenvalue weighted by molar-refractivity contribution is 7.09. The van der Waals surface area contributed by atoms with E-state index < -0.39 is 0 Å². The Morgan fingerprint density at radius 2 is 2.22 bits per heavy atom. The van der Waals surface area contributed by atoms with Crippen molar-refractivity contribution in [2.24, 2.45) is 0 Å². The van der Waals surface area contributed by atoms with Crippen LogP contribution < -0.4 is 5.32 Å². The van der Waals surface area contributed by atoms with Crippen LogP contribution in [0.25, 0.3) is 0 Å². The second-order valence-electron chi connectivity index (χ2n) is 5.18. The van der Waals surface area contributed by atoms with Gasteiger partial charge in [0.25, 0.3) is 0 Å². The molecular formula is C14H25N3S. The number of hydrogen-bond donors (Lipinski definition) is 1. The summed E-state index contributed by atoms with van der Waals surface area (Å²) in [7, 11) is 0. The van der Waals surface area contributed by atoms with Gasteiger partial charge in [0.05, 0.1) is 10.7 Å². The maximum absolute atomic E-state index is 4.53. The third-order valence-corrected chi connectivity index (χ3v) is 4.44. The van der Waals surface area contributed by atoms with Gasteiger partial charge in [-0.25, -0.2) is 4.98 Å². The summed E-state index contributed by atoms with van der Waals surface area (Å²) in [5.74, 6) is 0. The van der Waals surface area contributed by atoms with E-state index in [4.69, 9.17) is 0 Å².